The van der Waals surface area contributed by atoms with Crippen LogP contribution in [0.1, 0.15) is 59.9 Å². The van der Waals surface area contributed by atoms with Crippen molar-refractivity contribution < 1.29 is 18.3 Å². The monoisotopic (exact) mass is 537 g/mol. The zero-order valence-electron chi connectivity index (χ0n) is 19.4. The van der Waals surface area contributed by atoms with E-state index in [-0.39, 0.29) is 27.8 Å². The van der Waals surface area contributed by atoms with Crippen LogP contribution >= 0.6 is 23.2 Å². The molecule has 1 atom stereocenters. The fraction of sp³-hybridized carbons (Fsp3) is 0.417. The van der Waals surface area contributed by atoms with Gasteiger partial charge in [-0.2, -0.15) is 9.78 Å². The van der Waals surface area contributed by atoms with E-state index in [2.05, 4.69) is 10.1 Å². The van der Waals surface area contributed by atoms with Crippen molar-refractivity contribution in [2.75, 3.05) is 18.1 Å². The summed E-state index contributed by atoms with van der Waals surface area (Å²) in [5.41, 5.74) is -0.333. The van der Waals surface area contributed by atoms with Crippen molar-refractivity contribution >= 4 is 34.7 Å². The molecular weight excluding hydrogens is 515 g/mol. The molecule has 0 radical (unpaired) electrons. The largest absolute Gasteiger partial charge is 0.360 e. The summed E-state index contributed by atoms with van der Waals surface area (Å²) in [7, 11) is 0. The molecule has 1 aromatic carbocycles. The van der Waals surface area contributed by atoms with Gasteiger partial charge < -0.3 is 14.2 Å². The summed E-state index contributed by atoms with van der Waals surface area (Å²) >= 11 is 12.4. The molecule has 36 heavy (non-hydrogen) atoms. The molecule has 0 spiro atoms. The van der Waals surface area contributed by atoms with Crippen molar-refractivity contribution in [1.29, 1.82) is 0 Å². The van der Waals surface area contributed by atoms with Crippen molar-refractivity contribution in [3.8, 4) is 0 Å². The van der Waals surface area contributed by atoms with Gasteiger partial charge in [0.1, 0.15) is 16.5 Å². The molecule has 2 aromatic heterocycles. The van der Waals surface area contributed by atoms with Gasteiger partial charge in [-0.15, -0.1) is 0 Å². The third-order valence-corrected chi connectivity index (χ3v) is 7.08. The van der Waals surface area contributed by atoms with Gasteiger partial charge in [0.15, 0.2) is 6.23 Å². The van der Waals surface area contributed by atoms with Crippen molar-refractivity contribution in [1.82, 2.24) is 19.3 Å². The lowest BCUT2D eigenvalue weighted by molar-refractivity contribution is -0.0424. The second-order valence-corrected chi connectivity index (χ2v) is 9.77. The number of imidazole rings is 1. The molecule has 190 valence electrons. The molecule has 3 aromatic rings. The first-order valence-electron chi connectivity index (χ1n) is 11.6. The Labute approximate surface area is 215 Å². The molecular formula is C24H23Cl2F2N5O3. The molecule has 8 nitrogen and oxygen atoms in total. The summed E-state index contributed by atoms with van der Waals surface area (Å²) < 4.78 is 37.0. The minimum atomic E-state index is -3.25. The highest BCUT2D eigenvalue weighted by molar-refractivity contribution is 6.33. The minimum Gasteiger partial charge on any atom is -0.360 e. The van der Waals surface area contributed by atoms with Crippen LogP contribution in [0, 0.1) is 0 Å². The lowest BCUT2D eigenvalue weighted by Gasteiger charge is -2.31. The topological polar surface area (TPSA) is 82.2 Å². The van der Waals surface area contributed by atoms with Gasteiger partial charge in [0.05, 0.1) is 24.6 Å². The van der Waals surface area contributed by atoms with Crippen LogP contribution in [0.5, 0.6) is 0 Å². The SMILES string of the molecule is CC(F)(F)c1cc(Cl)ccc1C(=O)c1cnc2n1CCN(c1cnn(C3CCCCO3)c(=O)c1Cl)C2. The van der Waals surface area contributed by atoms with Crippen LogP contribution in [0.15, 0.2) is 35.4 Å². The van der Waals surface area contributed by atoms with E-state index in [0.29, 0.717) is 37.6 Å². The maximum atomic E-state index is 14.2. The van der Waals surface area contributed by atoms with Gasteiger partial charge in [-0.3, -0.25) is 9.59 Å². The van der Waals surface area contributed by atoms with Crippen LogP contribution in [0.25, 0.3) is 0 Å². The highest BCUT2D eigenvalue weighted by Crippen LogP contribution is 2.34. The molecule has 0 aliphatic carbocycles. The minimum absolute atomic E-state index is 0.0338. The number of anilines is 1. The van der Waals surface area contributed by atoms with Gasteiger partial charge in [0.2, 0.25) is 5.78 Å². The molecule has 2 aliphatic rings. The average Bonchev–Trinajstić information content (AvgIpc) is 3.28. The van der Waals surface area contributed by atoms with Crippen molar-refractivity contribution in [2.24, 2.45) is 0 Å². The summed E-state index contributed by atoms with van der Waals surface area (Å²) in [5, 5.41) is 4.45. The predicted octanol–water partition coefficient (Wildman–Crippen LogP) is 4.81. The lowest BCUT2D eigenvalue weighted by atomic mass is 9.97. The third kappa shape index (κ3) is 4.53. The van der Waals surface area contributed by atoms with Gasteiger partial charge in [-0.25, -0.2) is 13.8 Å². The van der Waals surface area contributed by atoms with Gasteiger partial charge in [-0.05, 0) is 37.5 Å². The van der Waals surface area contributed by atoms with E-state index < -0.39 is 29.1 Å². The Balaban J connectivity index is 1.41. The highest BCUT2D eigenvalue weighted by Gasteiger charge is 2.33. The molecule has 0 bridgehead atoms. The number of hydrogen-bond donors (Lipinski definition) is 0. The fourth-order valence-corrected chi connectivity index (χ4v) is 5.07. The molecule has 1 unspecified atom stereocenters. The molecule has 0 amide bonds. The van der Waals surface area contributed by atoms with Crippen LogP contribution in [0.2, 0.25) is 10.0 Å². The number of benzene rings is 1. The van der Waals surface area contributed by atoms with Gasteiger partial charge >= 0.3 is 0 Å². The number of nitrogens with zero attached hydrogens (tertiary/aromatic N) is 5. The maximum absolute atomic E-state index is 14.2. The smallest absolute Gasteiger partial charge is 0.290 e. The Morgan fingerprint density at radius 3 is 2.72 bits per heavy atom. The Morgan fingerprint density at radius 2 is 2.00 bits per heavy atom. The van der Waals surface area contributed by atoms with Crippen LogP contribution < -0.4 is 10.5 Å². The number of ether oxygens (including phenoxy) is 1. The Bertz CT molecular complexity index is 1380. The number of hydrogen-bond acceptors (Lipinski definition) is 6. The van der Waals surface area contributed by atoms with Crippen molar-refractivity contribution in [3.63, 3.8) is 0 Å². The summed E-state index contributed by atoms with van der Waals surface area (Å²) in [6, 6.07) is 3.83. The molecule has 0 saturated carbocycles. The maximum Gasteiger partial charge on any atom is 0.290 e. The number of rotatable bonds is 5. The van der Waals surface area contributed by atoms with Gasteiger partial charge in [0, 0.05) is 42.8 Å². The Kier molecular flexibility index (Phi) is 6.61. The summed E-state index contributed by atoms with van der Waals surface area (Å²) in [6.45, 7) is 2.31. The standard InChI is InChI=1S/C24H23Cl2F2N5O3/c1-24(27,28)16-10-14(25)5-6-15(16)22(34)18-11-29-19-13-31(7-8-32(18)19)17-12-30-33(23(35)21(17)26)20-4-2-3-9-36-20/h5-6,10-12,20H,2-4,7-9,13H2,1H3. The number of carbonyl (C=O) groups is 1. The van der Waals surface area contributed by atoms with Crippen LogP contribution in [-0.4, -0.2) is 38.3 Å². The van der Waals surface area contributed by atoms with E-state index in [9.17, 15) is 18.4 Å². The predicted molar refractivity (Wildman–Crippen MR) is 130 cm³/mol. The van der Waals surface area contributed by atoms with Crippen molar-refractivity contribution in [3.05, 3.63) is 73.6 Å². The normalized spacial score (nSPS) is 18.2. The van der Waals surface area contributed by atoms with Crippen LogP contribution in [0.3, 0.4) is 0 Å². The fourth-order valence-electron chi connectivity index (χ4n) is 4.64. The summed E-state index contributed by atoms with van der Waals surface area (Å²) in [4.78, 5) is 32.4. The summed E-state index contributed by atoms with van der Waals surface area (Å²) in [6.07, 6.45) is 5.07. The number of halogens is 4. The Morgan fingerprint density at radius 1 is 1.19 bits per heavy atom. The van der Waals surface area contributed by atoms with E-state index in [1.807, 2.05) is 4.90 Å². The Hall–Kier alpha value is -2.82. The van der Waals surface area contributed by atoms with E-state index >= 15 is 0 Å². The van der Waals surface area contributed by atoms with Gasteiger partial charge in [0.25, 0.3) is 11.5 Å². The van der Waals surface area contributed by atoms with Crippen LogP contribution in [0.4, 0.5) is 14.5 Å². The lowest BCUT2D eigenvalue weighted by Crippen LogP contribution is -2.37. The number of carbonyl (C=O) groups excluding carboxylic acids is 1. The first-order chi connectivity index (χ1) is 17.1. The second kappa shape index (κ2) is 9.57. The van der Waals surface area contributed by atoms with E-state index in [1.54, 1.807) is 4.57 Å². The first kappa shape index (κ1) is 24.9. The summed E-state index contributed by atoms with van der Waals surface area (Å²) in [5.74, 6) is -3.27. The number of ketones is 1. The zero-order chi connectivity index (χ0) is 25.6. The third-order valence-electron chi connectivity index (χ3n) is 6.49. The number of fused-ring (bicyclic) bond motifs is 1. The molecule has 1 saturated heterocycles. The van der Waals surface area contributed by atoms with E-state index in [4.69, 9.17) is 27.9 Å². The van der Waals surface area contributed by atoms with Crippen molar-refractivity contribution in [2.45, 2.75) is 51.4 Å². The second-order valence-electron chi connectivity index (χ2n) is 8.96. The van der Waals surface area contributed by atoms with Gasteiger partial charge in [-0.1, -0.05) is 23.2 Å². The first-order valence-corrected chi connectivity index (χ1v) is 12.3. The average molecular weight is 538 g/mol. The molecule has 5 rings (SSSR count). The molecule has 4 heterocycles. The molecule has 12 heteroatoms. The highest BCUT2D eigenvalue weighted by atomic mass is 35.5. The molecule has 1 fully saturated rings. The van der Waals surface area contributed by atoms with E-state index in [1.165, 1.54) is 29.2 Å². The van der Waals surface area contributed by atoms with E-state index in [0.717, 1.165) is 25.8 Å². The zero-order valence-corrected chi connectivity index (χ0v) is 20.9. The number of aromatic nitrogens is 4. The molecule has 0 N–H and O–H groups in total. The number of alkyl halides is 2. The molecule has 2 aliphatic heterocycles. The van der Waals surface area contributed by atoms with Crippen LogP contribution in [-0.2, 0) is 23.7 Å². The quantitative estimate of drug-likeness (QED) is 0.434.